The van der Waals surface area contributed by atoms with Crippen LogP contribution in [0.15, 0.2) is 47.4 Å². The number of carbonyl (C=O) groups is 1. The lowest BCUT2D eigenvalue weighted by molar-refractivity contribution is 0.247. The fraction of sp³-hybridized carbons (Fsp3) is 0.409. The normalized spacial score (nSPS) is 18.2. The van der Waals surface area contributed by atoms with Crippen LogP contribution in [0, 0.1) is 0 Å². The molecule has 1 aliphatic heterocycles. The maximum absolute atomic E-state index is 13.1. The Balaban J connectivity index is 1.54. The van der Waals surface area contributed by atoms with Gasteiger partial charge in [0, 0.05) is 24.8 Å². The number of anilines is 1. The number of sulfonamides is 1. The van der Waals surface area contributed by atoms with Gasteiger partial charge >= 0.3 is 6.03 Å². The number of benzene rings is 2. The molecule has 0 spiro atoms. The molecule has 7 heteroatoms. The van der Waals surface area contributed by atoms with Crippen LogP contribution in [0.25, 0.3) is 0 Å². The monoisotopic (exact) mass is 413 g/mol. The molecule has 2 amide bonds. The first-order valence-electron chi connectivity index (χ1n) is 10.3. The molecule has 1 aliphatic carbocycles. The number of aryl methyl sites for hydroxylation is 1. The van der Waals surface area contributed by atoms with E-state index in [9.17, 15) is 13.2 Å². The van der Waals surface area contributed by atoms with Crippen LogP contribution in [0.5, 0.6) is 0 Å². The summed E-state index contributed by atoms with van der Waals surface area (Å²) in [6.07, 6.45) is 4.29. The molecule has 0 radical (unpaired) electrons. The van der Waals surface area contributed by atoms with Crippen LogP contribution in [0.1, 0.15) is 48.9 Å². The first-order valence-corrected chi connectivity index (χ1v) is 11.8. The van der Waals surface area contributed by atoms with Crippen molar-refractivity contribution in [3.8, 4) is 0 Å². The van der Waals surface area contributed by atoms with Gasteiger partial charge in [0.1, 0.15) is 0 Å². The maximum atomic E-state index is 13.1. The van der Waals surface area contributed by atoms with Crippen molar-refractivity contribution in [2.24, 2.45) is 0 Å². The Bertz CT molecular complexity index is 1020. The number of hydrogen-bond acceptors (Lipinski definition) is 3. The van der Waals surface area contributed by atoms with Crippen molar-refractivity contribution in [3.05, 3.63) is 59.2 Å². The highest BCUT2D eigenvalue weighted by molar-refractivity contribution is 7.89. The minimum absolute atomic E-state index is 0.127. The van der Waals surface area contributed by atoms with Crippen LogP contribution in [-0.4, -0.2) is 27.5 Å². The van der Waals surface area contributed by atoms with Crippen LogP contribution in [0.2, 0.25) is 0 Å². The van der Waals surface area contributed by atoms with Gasteiger partial charge in [0.05, 0.1) is 4.90 Å². The fourth-order valence-electron chi connectivity index (χ4n) is 4.22. The Labute approximate surface area is 172 Å². The largest absolute Gasteiger partial charge is 0.338 e. The first-order chi connectivity index (χ1) is 14.0. The summed E-state index contributed by atoms with van der Waals surface area (Å²) in [4.78, 5) is 14.3. The summed E-state index contributed by atoms with van der Waals surface area (Å²) in [7, 11) is -3.65. The van der Waals surface area contributed by atoms with E-state index in [1.54, 1.807) is 23.1 Å². The maximum Gasteiger partial charge on any atom is 0.321 e. The highest BCUT2D eigenvalue weighted by Crippen LogP contribution is 2.33. The Kier molecular flexibility index (Phi) is 5.61. The molecule has 0 bridgehead atoms. The van der Waals surface area contributed by atoms with E-state index in [4.69, 9.17) is 0 Å². The van der Waals surface area contributed by atoms with E-state index in [0.717, 1.165) is 42.5 Å². The minimum atomic E-state index is -3.65. The standard InChI is InChI=1S/C22H27N3O3S/c1-2-13-23-22(26)25-14-12-17-15-18(10-11-21(17)25)29(27,28)24-20-9-5-7-16-6-3-4-8-19(16)20/h3-4,6,8,10-11,15,20,24H,2,5,7,9,12-14H2,1H3,(H,23,26)/t20-/m1/s1. The number of rotatable bonds is 5. The summed E-state index contributed by atoms with van der Waals surface area (Å²) >= 11 is 0. The third-order valence-corrected chi connectivity index (χ3v) is 7.16. The Hall–Kier alpha value is -2.38. The molecule has 4 rings (SSSR count). The highest BCUT2D eigenvalue weighted by atomic mass is 32.2. The van der Waals surface area contributed by atoms with Crippen molar-refractivity contribution in [1.82, 2.24) is 10.0 Å². The quantitative estimate of drug-likeness (QED) is 0.787. The number of urea groups is 1. The van der Waals surface area contributed by atoms with Gasteiger partial charge in [-0.05, 0) is 67.0 Å². The molecule has 2 aromatic rings. The zero-order chi connectivity index (χ0) is 20.4. The van der Waals surface area contributed by atoms with Gasteiger partial charge < -0.3 is 5.32 Å². The van der Waals surface area contributed by atoms with Crippen molar-refractivity contribution in [2.75, 3.05) is 18.0 Å². The lowest BCUT2D eigenvalue weighted by Gasteiger charge is -2.26. The average molecular weight is 414 g/mol. The number of hydrogen-bond donors (Lipinski definition) is 2. The van der Waals surface area contributed by atoms with Gasteiger partial charge in [-0.15, -0.1) is 0 Å². The molecule has 0 saturated heterocycles. The van der Waals surface area contributed by atoms with E-state index in [1.165, 1.54) is 5.56 Å². The van der Waals surface area contributed by atoms with Crippen molar-refractivity contribution in [2.45, 2.75) is 50.0 Å². The van der Waals surface area contributed by atoms with Crippen LogP contribution >= 0.6 is 0 Å². The minimum Gasteiger partial charge on any atom is -0.338 e. The van der Waals surface area contributed by atoms with E-state index in [-0.39, 0.29) is 17.0 Å². The SMILES string of the molecule is CCCNC(=O)N1CCc2cc(S(=O)(=O)N[C@@H]3CCCc4ccccc43)ccc21. The Morgan fingerprint density at radius 2 is 1.97 bits per heavy atom. The summed E-state index contributed by atoms with van der Waals surface area (Å²) in [5.41, 5.74) is 3.97. The summed E-state index contributed by atoms with van der Waals surface area (Å²) in [5, 5.41) is 2.88. The molecule has 6 nitrogen and oxygen atoms in total. The van der Waals surface area contributed by atoms with E-state index in [0.29, 0.717) is 19.5 Å². The topological polar surface area (TPSA) is 78.5 Å². The predicted molar refractivity (Wildman–Crippen MR) is 114 cm³/mol. The van der Waals surface area contributed by atoms with E-state index < -0.39 is 10.0 Å². The van der Waals surface area contributed by atoms with Crippen molar-refractivity contribution >= 4 is 21.7 Å². The average Bonchev–Trinajstić information content (AvgIpc) is 3.15. The number of fused-ring (bicyclic) bond motifs is 2. The summed E-state index contributed by atoms with van der Waals surface area (Å²) in [5.74, 6) is 0. The molecule has 29 heavy (non-hydrogen) atoms. The fourth-order valence-corrected chi connectivity index (χ4v) is 5.52. The van der Waals surface area contributed by atoms with Crippen LogP contribution < -0.4 is 14.9 Å². The molecular formula is C22H27N3O3S. The predicted octanol–water partition coefficient (Wildman–Crippen LogP) is 3.52. The van der Waals surface area contributed by atoms with Gasteiger partial charge in [-0.1, -0.05) is 31.2 Å². The van der Waals surface area contributed by atoms with Gasteiger partial charge in [0.15, 0.2) is 0 Å². The summed E-state index contributed by atoms with van der Waals surface area (Å²) < 4.78 is 29.0. The molecule has 154 valence electrons. The third-order valence-electron chi connectivity index (χ3n) is 5.70. The van der Waals surface area contributed by atoms with Crippen LogP contribution in [-0.2, 0) is 22.9 Å². The Morgan fingerprint density at radius 1 is 1.14 bits per heavy atom. The lowest BCUT2D eigenvalue weighted by atomic mass is 9.88. The second-order valence-electron chi connectivity index (χ2n) is 7.69. The molecule has 2 aliphatic rings. The molecule has 0 fully saturated rings. The van der Waals surface area contributed by atoms with E-state index >= 15 is 0 Å². The first kappa shape index (κ1) is 19.9. The summed E-state index contributed by atoms with van der Waals surface area (Å²) in [6.45, 7) is 3.20. The van der Waals surface area contributed by atoms with Crippen LogP contribution in [0.4, 0.5) is 10.5 Å². The molecule has 0 saturated carbocycles. The smallest absolute Gasteiger partial charge is 0.321 e. The van der Waals surface area contributed by atoms with Crippen molar-refractivity contribution in [1.29, 1.82) is 0 Å². The lowest BCUT2D eigenvalue weighted by Crippen LogP contribution is -2.39. The van der Waals surface area contributed by atoms with E-state index in [1.807, 2.05) is 25.1 Å². The molecule has 2 N–H and O–H groups in total. The van der Waals surface area contributed by atoms with E-state index in [2.05, 4.69) is 16.1 Å². The van der Waals surface area contributed by atoms with Gasteiger partial charge in [0.25, 0.3) is 0 Å². The third kappa shape index (κ3) is 4.02. The van der Waals surface area contributed by atoms with Crippen LogP contribution in [0.3, 0.4) is 0 Å². The van der Waals surface area contributed by atoms with Crippen molar-refractivity contribution in [3.63, 3.8) is 0 Å². The van der Waals surface area contributed by atoms with Gasteiger partial charge in [-0.3, -0.25) is 4.90 Å². The molecule has 0 aromatic heterocycles. The van der Waals surface area contributed by atoms with Crippen molar-refractivity contribution < 1.29 is 13.2 Å². The molecule has 2 aromatic carbocycles. The molecule has 0 unspecified atom stereocenters. The second-order valence-corrected chi connectivity index (χ2v) is 9.40. The molecular weight excluding hydrogens is 386 g/mol. The molecule has 1 atom stereocenters. The zero-order valence-electron chi connectivity index (χ0n) is 16.6. The number of nitrogens with zero attached hydrogens (tertiary/aromatic N) is 1. The zero-order valence-corrected chi connectivity index (χ0v) is 17.5. The van der Waals surface area contributed by atoms with Gasteiger partial charge in [-0.2, -0.15) is 0 Å². The highest BCUT2D eigenvalue weighted by Gasteiger charge is 2.29. The van der Waals surface area contributed by atoms with Gasteiger partial charge in [0.2, 0.25) is 10.0 Å². The number of carbonyl (C=O) groups excluding carboxylic acids is 1. The van der Waals surface area contributed by atoms with Gasteiger partial charge in [-0.25, -0.2) is 17.9 Å². The second kappa shape index (κ2) is 8.16. The summed E-state index contributed by atoms with van der Waals surface area (Å²) in [6, 6.07) is 12.8. The number of nitrogens with one attached hydrogen (secondary N) is 2. The number of amides is 2. The Morgan fingerprint density at radius 3 is 2.79 bits per heavy atom. The molecule has 1 heterocycles.